The first-order valence-electron chi connectivity index (χ1n) is 9.60. The van der Waals surface area contributed by atoms with Gasteiger partial charge in [-0.2, -0.15) is 0 Å². The Balaban J connectivity index is 1.40. The van der Waals surface area contributed by atoms with Crippen LogP contribution >= 0.6 is 34.4 Å². The molecule has 1 N–H and O–H groups in total. The molecule has 0 atom stereocenters. The fourth-order valence-corrected chi connectivity index (χ4v) is 5.48. The highest BCUT2D eigenvalue weighted by molar-refractivity contribution is 8.00. The zero-order valence-electron chi connectivity index (χ0n) is 16.9. The number of amides is 1. The van der Waals surface area contributed by atoms with Gasteiger partial charge in [0.1, 0.15) is 15.7 Å². The van der Waals surface area contributed by atoms with Crippen LogP contribution in [0.3, 0.4) is 0 Å². The van der Waals surface area contributed by atoms with Gasteiger partial charge in [0, 0.05) is 11.3 Å². The second-order valence-electron chi connectivity index (χ2n) is 6.73. The third kappa shape index (κ3) is 5.36. The lowest BCUT2D eigenvalue weighted by Crippen LogP contribution is -2.11. The second-order valence-corrected chi connectivity index (χ2v) is 9.93. The van der Waals surface area contributed by atoms with Gasteiger partial charge < -0.3 is 0 Å². The Hall–Kier alpha value is -2.62. The first kappa shape index (κ1) is 21.6. The first-order chi connectivity index (χ1) is 15.0. The lowest BCUT2D eigenvalue weighted by atomic mass is 10.1. The van der Waals surface area contributed by atoms with Gasteiger partial charge in [0.25, 0.3) is 5.91 Å². The molecule has 0 bridgehead atoms. The SMILES string of the molecule is CCc1ccc(-c2nc(C)c(C(=O)Nc3nnc(SCc4ccc(F)cc4)s3)s2)cc1. The third-order valence-electron chi connectivity index (χ3n) is 4.51. The Morgan fingerprint density at radius 2 is 1.74 bits per heavy atom. The van der Waals surface area contributed by atoms with Crippen molar-refractivity contribution in [3.63, 3.8) is 0 Å². The molecule has 158 valence electrons. The lowest BCUT2D eigenvalue weighted by Gasteiger charge is -1.99. The molecule has 4 rings (SSSR count). The van der Waals surface area contributed by atoms with Crippen LogP contribution in [0.1, 0.15) is 33.4 Å². The van der Waals surface area contributed by atoms with Crippen LogP contribution < -0.4 is 5.32 Å². The van der Waals surface area contributed by atoms with Gasteiger partial charge in [0.15, 0.2) is 4.34 Å². The molecule has 0 saturated carbocycles. The molecule has 0 fully saturated rings. The Morgan fingerprint density at radius 1 is 1.03 bits per heavy atom. The topological polar surface area (TPSA) is 67.8 Å². The van der Waals surface area contributed by atoms with Crippen molar-refractivity contribution >= 4 is 45.5 Å². The number of halogens is 1. The highest BCUT2D eigenvalue weighted by Gasteiger charge is 2.18. The maximum atomic E-state index is 13.0. The van der Waals surface area contributed by atoms with Crippen molar-refractivity contribution in [1.82, 2.24) is 15.2 Å². The summed E-state index contributed by atoms with van der Waals surface area (Å²) in [4.78, 5) is 17.9. The molecule has 4 aromatic rings. The van der Waals surface area contributed by atoms with E-state index in [-0.39, 0.29) is 11.7 Å². The molecule has 0 aliphatic rings. The maximum Gasteiger partial charge on any atom is 0.269 e. The molecule has 0 aliphatic carbocycles. The summed E-state index contributed by atoms with van der Waals surface area (Å²) in [6.45, 7) is 3.95. The molecule has 1 amide bonds. The van der Waals surface area contributed by atoms with E-state index in [4.69, 9.17) is 0 Å². The Morgan fingerprint density at radius 3 is 2.45 bits per heavy atom. The number of thiazole rings is 1. The van der Waals surface area contributed by atoms with Crippen LogP contribution in [0.25, 0.3) is 10.6 Å². The Labute approximate surface area is 191 Å². The normalized spacial score (nSPS) is 10.9. The average molecular weight is 471 g/mol. The van der Waals surface area contributed by atoms with Crippen molar-refractivity contribution in [2.45, 2.75) is 30.4 Å². The van der Waals surface area contributed by atoms with E-state index in [1.54, 1.807) is 12.1 Å². The number of nitrogens with one attached hydrogen (secondary N) is 1. The minimum absolute atomic E-state index is 0.238. The summed E-state index contributed by atoms with van der Waals surface area (Å²) in [6, 6.07) is 14.6. The number of thioether (sulfide) groups is 1. The van der Waals surface area contributed by atoms with Gasteiger partial charge in [-0.15, -0.1) is 21.5 Å². The summed E-state index contributed by atoms with van der Waals surface area (Å²) in [5, 5.41) is 12.3. The molecule has 9 heteroatoms. The van der Waals surface area contributed by atoms with Crippen molar-refractivity contribution < 1.29 is 9.18 Å². The van der Waals surface area contributed by atoms with Gasteiger partial charge in [-0.3, -0.25) is 10.1 Å². The van der Waals surface area contributed by atoms with E-state index in [1.807, 2.05) is 19.1 Å². The Kier molecular flexibility index (Phi) is 6.74. The largest absolute Gasteiger partial charge is 0.296 e. The van der Waals surface area contributed by atoms with Gasteiger partial charge in [-0.05, 0) is 36.6 Å². The number of anilines is 1. The summed E-state index contributed by atoms with van der Waals surface area (Å²) in [5.41, 5.74) is 3.94. The van der Waals surface area contributed by atoms with Gasteiger partial charge >= 0.3 is 0 Å². The predicted molar refractivity (Wildman–Crippen MR) is 125 cm³/mol. The number of benzene rings is 2. The van der Waals surface area contributed by atoms with Crippen molar-refractivity contribution in [1.29, 1.82) is 0 Å². The van der Waals surface area contributed by atoms with E-state index in [2.05, 4.69) is 39.6 Å². The number of hydrogen-bond donors (Lipinski definition) is 1. The zero-order valence-corrected chi connectivity index (χ0v) is 19.3. The molecular weight excluding hydrogens is 451 g/mol. The number of carbonyl (C=O) groups is 1. The summed E-state index contributed by atoms with van der Waals surface area (Å²) in [7, 11) is 0. The molecule has 5 nitrogen and oxygen atoms in total. The van der Waals surface area contributed by atoms with Crippen molar-refractivity contribution in [2.24, 2.45) is 0 Å². The van der Waals surface area contributed by atoms with Crippen LogP contribution in [0.4, 0.5) is 9.52 Å². The zero-order chi connectivity index (χ0) is 21.8. The minimum Gasteiger partial charge on any atom is -0.296 e. The number of hydrogen-bond acceptors (Lipinski definition) is 7. The third-order valence-corrected chi connectivity index (χ3v) is 7.76. The quantitative estimate of drug-likeness (QED) is 0.257. The smallest absolute Gasteiger partial charge is 0.269 e. The number of carbonyl (C=O) groups excluding carboxylic acids is 1. The molecule has 2 aromatic heterocycles. The standard InChI is InChI=1S/C22H19FN4OS3/c1-3-14-4-8-16(9-5-14)20-24-13(2)18(30-20)19(28)25-21-26-27-22(31-21)29-12-15-6-10-17(23)11-7-15/h4-11H,3,12H2,1-2H3,(H,25,26,28). The maximum absolute atomic E-state index is 13.0. The number of rotatable bonds is 7. The first-order valence-corrected chi connectivity index (χ1v) is 12.2. The van der Waals surface area contributed by atoms with E-state index < -0.39 is 0 Å². The fourth-order valence-electron chi connectivity index (χ4n) is 2.81. The second kappa shape index (κ2) is 9.67. The lowest BCUT2D eigenvalue weighted by molar-refractivity contribution is 0.102. The number of aryl methyl sites for hydroxylation is 2. The summed E-state index contributed by atoms with van der Waals surface area (Å²) < 4.78 is 13.7. The molecule has 0 unspecified atom stereocenters. The molecule has 2 heterocycles. The van der Waals surface area contributed by atoms with Gasteiger partial charge in [0.05, 0.1) is 5.69 Å². The molecule has 31 heavy (non-hydrogen) atoms. The van der Waals surface area contributed by atoms with E-state index in [9.17, 15) is 9.18 Å². The predicted octanol–water partition coefficient (Wildman–Crippen LogP) is 6.22. The molecule has 0 radical (unpaired) electrons. The molecular formula is C22H19FN4OS3. The van der Waals surface area contributed by atoms with Crippen LogP contribution in [0.15, 0.2) is 52.9 Å². The molecule has 0 aliphatic heterocycles. The van der Waals surface area contributed by atoms with Crippen LogP contribution in [0.5, 0.6) is 0 Å². The van der Waals surface area contributed by atoms with Crippen molar-refractivity contribution in [3.8, 4) is 10.6 Å². The highest BCUT2D eigenvalue weighted by atomic mass is 32.2. The summed E-state index contributed by atoms with van der Waals surface area (Å²) in [5.74, 6) is 0.156. The monoisotopic (exact) mass is 470 g/mol. The van der Waals surface area contributed by atoms with Crippen LogP contribution in [0, 0.1) is 12.7 Å². The molecule has 2 aromatic carbocycles. The highest BCUT2D eigenvalue weighted by Crippen LogP contribution is 2.31. The summed E-state index contributed by atoms with van der Waals surface area (Å²) >= 11 is 4.17. The van der Waals surface area contributed by atoms with E-state index >= 15 is 0 Å². The van der Waals surface area contributed by atoms with Crippen LogP contribution in [0.2, 0.25) is 0 Å². The van der Waals surface area contributed by atoms with Crippen molar-refractivity contribution in [3.05, 3.63) is 76.0 Å². The van der Waals surface area contributed by atoms with E-state index in [1.165, 1.54) is 52.1 Å². The summed E-state index contributed by atoms with van der Waals surface area (Å²) in [6.07, 6.45) is 0.983. The fraction of sp³-hybridized carbons (Fsp3) is 0.182. The average Bonchev–Trinajstić information content (AvgIpc) is 3.39. The van der Waals surface area contributed by atoms with E-state index in [0.29, 0.717) is 21.5 Å². The van der Waals surface area contributed by atoms with Gasteiger partial charge in [-0.1, -0.05) is 66.4 Å². The van der Waals surface area contributed by atoms with Crippen LogP contribution in [-0.4, -0.2) is 21.1 Å². The Bertz CT molecular complexity index is 1190. The van der Waals surface area contributed by atoms with Crippen LogP contribution in [-0.2, 0) is 12.2 Å². The molecule has 0 saturated heterocycles. The van der Waals surface area contributed by atoms with Gasteiger partial charge in [-0.25, -0.2) is 9.37 Å². The van der Waals surface area contributed by atoms with Crippen molar-refractivity contribution in [2.75, 3.05) is 5.32 Å². The minimum atomic E-state index is -0.255. The molecule has 0 spiro atoms. The number of aromatic nitrogens is 3. The van der Waals surface area contributed by atoms with E-state index in [0.717, 1.165) is 26.9 Å². The number of nitrogens with zero attached hydrogens (tertiary/aromatic N) is 3. The van der Waals surface area contributed by atoms with Gasteiger partial charge in [0.2, 0.25) is 5.13 Å².